The summed E-state index contributed by atoms with van der Waals surface area (Å²) >= 11 is 0. The van der Waals surface area contributed by atoms with Gasteiger partial charge < -0.3 is 0 Å². The van der Waals surface area contributed by atoms with Crippen LogP contribution in [0, 0.1) is 0 Å². The van der Waals surface area contributed by atoms with E-state index in [1.54, 1.807) is 0 Å². The summed E-state index contributed by atoms with van der Waals surface area (Å²) in [5, 5.41) is 6.58. The van der Waals surface area contributed by atoms with Crippen LogP contribution in [0.5, 0.6) is 0 Å². The summed E-state index contributed by atoms with van der Waals surface area (Å²) in [5.41, 5.74) is 5.66. The molecule has 3 aromatic rings. The van der Waals surface area contributed by atoms with Gasteiger partial charge in [-0.15, -0.1) is 0 Å². The second-order valence-electron chi connectivity index (χ2n) is 5.74. The van der Waals surface area contributed by atoms with Gasteiger partial charge in [0.1, 0.15) is 0 Å². The molecule has 1 amide bonds. The Kier molecular flexibility index (Phi) is 5.02. The van der Waals surface area contributed by atoms with Crippen LogP contribution in [0.3, 0.4) is 0 Å². The molecule has 0 heterocycles. The predicted octanol–water partition coefficient (Wildman–Crippen LogP) is 4.31. The Morgan fingerprint density at radius 3 is 2.46 bits per heavy atom. The van der Waals surface area contributed by atoms with Crippen molar-refractivity contribution in [2.45, 2.75) is 19.8 Å². The first kappa shape index (κ1) is 15.9. The number of nitrogens with zero attached hydrogens (tertiary/aromatic N) is 1. The number of hydrogen-bond acceptors (Lipinski definition) is 2. The summed E-state index contributed by atoms with van der Waals surface area (Å²) in [4.78, 5) is 12.0. The highest BCUT2D eigenvalue weighted by molar-refractivity contribution is 6.09. The van der Waals surface area contributed by atoms with Crippen molar-refractivity contribution in [1.29, 1.82) is 0 Å². The Hall–Kier alpha value is -2.94. The molecule has 0 unspecified atom stereocenters. The van der Waals surface area contributed by atoms with Crippen molar-refractivity contribution >= 4 is 22.4 Å². The van der Waals surface area contributed by atoms with E-state index >= 15 is 0 Å². The molecule has 0 fully saturated rings. The molecule has 120 valence electrons. The topological polar surface area (TPSA) is 41.5 Å². The van der Waals surface area contributed by atoms with Crippen LogP contribution >= 0.6 is 0 Å². The predicted molar refractivity (Wildman–Crippen MR) is 99.1 cm³/mol. The lowest BCUT2D eigenvalue weighted by Crippen LogP contribution is -2.19. The number of benzene rings is 3. The molecule has 3 nitrogen and oxygen atoms in total. The molecule has 0 bridgehead atoms. The summed E-state index contributed by atoms with van der Waals surface area (Å²) < 4.78 is 0. The molecule has 3 aromatic carbocycles. The second-order valence-corrected chi connectivity index (χ2v) is 5.74. The van der Waals surface area contributed by atoms with Crippen LogP contribution in [-0.2, 0) is 11.2 Å². The van der Waals surface area contributed by atoms with Crippen molar-refractivity contribution in [3.8, 4) is 0 Å². The minimum absolute atomic E-state index is 0.0709. The number of aryl methyl sites for hydroxylation is 1. The summed E-state index contributed by atoms with van der Waals surface area (Å²) in [5.74, 6) is -0.0709. The molecule has 0 aromatic heterocycles. The number of rotatable bonds is 5. The van der Waals surface area contributed by atoms with Crippen molar-refractivity contribution in [1.82, 2.24) is 5.43 Å². The molecule has 3 heteroatoms. The molecule has 0 radical (unpaired) electrons. The molecule has 0 saturated heterocycles. The Bertz CT molecular complexity index is 864. The number of fused-ring (bicyclic) bond motifs is 1. The largest absolute Gasteiger partial charge is 0.273 e. The number of amides is 1. The van der Waals surface area contributed by atoms with Crippen molar-refractivity contribution < 1.29 is 4.79 Å². The van der Waals surface area contributed by atoms with E-state index in [-0.39, 0.29) is 5.91 Å². The molecular weight excluding hydrogens is 296 g/mol. The maximum Gasteiger partial charge on any atom is 0.240 e. The van der Waals surface area contributed by atoms with Gasteiger partial charge in [-0.3, -0.25) is 4.79 Å². The lowest BCUT2D eigenvalue weighted by atomic mass is 10.0. The maximum absolute atomic E-state index is 12.0. The Morgan fingerprint density at radius 1 is 0.917 bits per heavy atom. The molecule has 24 heavy (non-hydrogen) atoms. The number of hydrazone groups is 1. The monoisotopic (exact) mass is 316 g/mol. The van der Waals surface area contributed by atoms with Gasteiger partial charge in [0, 0.05) is 12.0 Å². The normalized spacial score (nSPS) is 11.5. The van der Waals surface area contributed by atoms with Gasteiger partial charge in [-0.2, -0.15) is 5.10 Å². The third-order valence-electron chi connectivity index (χ3n) is 4.01. The van der Waals surface area contributed by atoms with E-state index in [1.807, 2.05) is 61.5 Å². The first-order valence-corrected chi connectivity index (χ1v) is 8.09. The molecule has 0 aliphatic heterocycles. The lowest BCUT2D eigenvalue weighted by Gasteiger charge is -2.07. The Morgan fingerprint density at radius 2 is 1.62 bits per heavy atom. The van der Waals surface area contributed by atoms with Gasteiger partial charge in [0.25, 0.3) is 0 Å². The van der Waals surface area contributed by atoms with E-state index in [4.69, 9.17) is 0 Å². The third-order valence-corrected chi connectivity index (χ3v) is 4.01. The SMILES string of the molecule is C/C(=N/NC(=O)CCc1ccccc1)c1cccc2ccccc12. The van der Waals surface area contributed by atoms with Gasteiger partial charge in [0.15, 0.2) is 0 Å². The summed E-state index contributed by atoms with van der Waals surface area (Å²) in [6, 6.07) is 24.3. The molecule has 0 saturated carbocycles. The van der Waals surface area contributed by atoms with Crippen molar-refractivity contribution in [3.05, 3.63) is 83.9 Å². The molecule has 3 rings (SSSR count). The van der Waals surface area contributed by atoms with Crippen LogP contribution in [0.2, 0.25) is 0 Å². The average Bonchev–Trinajstić information content (AvgIpc) is 2.64. The second kappa shape index (κ2) is 7.55. The van der Waals surface area contributed by atoms with Gasteiger partial charge >= 0.3 is 0 Å². The zero-order valence-corrected chi connectivity index (χ0v) is 13.7. The number of nitrogens with one attached hydrogen (secondary N) is 1. The van der Waals surface area contributed by atoms with Crippen molar-refractivity contribution in [3.63, 3.8) is 0 Å². The lowest BCUT2D eigenvalue weighted by molar-refractivity contribution is -0.121. The van der Waals surface area contributed by atoms with Crippen LogP contribution in [0.15, 0.2) is 77.9 Å². The van der Waals surface area contributed by atoms with E-state index in [9.17, 15) is 4.79 Å². The highest BCUT2D eigenvalue weighted by Crippen LogP contribution is 2.19. The first-order chi connectivity index (χ1) is 11.7. The first-order valence-electron chi connectivity index (χ1n) is 8.09. The van der Waals surface area contributed by atoms with Crippen molar-refractivity contribution in [2.24, 2.45) is 5.10 Å². The number of carbonyl (C=O) groups is 1. The minimum atomic E-state index is -0.0709. The number of hydrogen-bond donors (Lipinski definition) is 1. The molecule has 0 atom stereocenters. The summed E-state index contributed by atoms with van der Waals surface area (Å²) in [6.45, 7) is 1.92. The Balaban J connectivity index is 1.66. The fraction of sp³-hybridized carbons (Fsp3) is 0.143. The van der Waals surface area contributed by atoms with E-state index in [1.165, 1.54) is 5.39 Å². The summed E-state index contributed by atoms with van der Waals surface area (Å²) in [7, 11) is 0. The molecule has 1 N–H and O–H groups in total. The molecular formula is C21H20N2O. The van der Waals surface area contributed by atoms with Crippen LogP contribution in [0.1, 0.15) is 24.5 Å². The number of carbonyl (C=O) groups excluding carboxylic acids is 1. The Labute approximate surface area is 142 Å². The van der Waals surface area contributed by atoms with Gasteiger partial charge in [0.2, 0.25) is 5.91 Å². The van der Waals surface area contributed by atoms with E-state index in [2.05, 4.69) is 28.7 Å². The smallest absolute Gasteiger partial charge is 0.240 e. The minimum Gasteiger partial charge on any atom is -0.273 e. The van der Waals surface area contributed by atoms with Gasteiger partial charge in [-0.25, -0.2) is 5.43 Å². The average molecular weight is 316 g/mol. The molecule has 0 aliphatic carbocycles. The molecule has 0 aliphatic rings. The quantitative estimate of drug-likeness (QED) is 0.553. The van der Waals surface area contributed by atoms with E-state index in [0.29, 0.717) is 6.42 Å². The van der Waals surface area contributed by atoms with E-state index in [0.717, 1.165) is 28.6 Å². The van der Waals surface area contributed by atoms with Crippen LogP contribution in [0.25, 0.3) is 10.8 Å². The fourth-order valence-corrected chi connectivity index (χ4v) is 2.71. The van der Waals surface area contributed by atoms with Gasteiger partial charge in [0.05, 0.1) is 5.71 Å². The fourth-order valence-electron chi connectivity index (χ4n) is 2.71. The van der Waals surface area contributed by atoms with Gasteiger partial charge in [-0.05, 0) is 29.7 Å². The van der Waals surface area contributed by atoms with Crippen LogP contribution in [0.4, 0.5) is 0 Å². The standard InChI is InChI=1S/C21H20N2O/c1-16(19-13-7-11-18-10-5-6-12-20(18)19)22-23-21(24)15-14-17-8-3-2-4-9-17/h2-13H,14-15H2,1H3,(H,23,24)/b22-16-. The maximum atomic E-state index is 12.0. The van der Waals surface area contributed by atoms with Crippen LogP contribution in [-0.4, -0.2) is 11.6 Å². The highest BCUT2D eigenvalue weighted by atomic mass is 16.2. The van der Waals surface area contributed by atoms with Gasteiger partial charge in [-0.1, -0.05) is 72.8 Å². The van der Waals surface area contributed by atoms with Crippen LogP contribution < -0.4 is 5.43 Å². The summed E-state index contributed by atoms with van der Waals surface area (Å²) in [6.07, 6.45) is 1.14. The zero-order valence-electron chi connectivity index (χ0n) is 13.7. The van der Waals surface area contributed by atoms with Crippen molar-refractivity contribution in [2.75, 3.05) is 0 Å². The third kappa shape index (κ3) is 3.87. The highest BCUT2D eigenvalue weighted by Gasteiger charge is 2.05. The molecule has 0 spiro atoms. The zero-order chi connectivity index (χ0) is 16.8. The van der Waals surface area contributed by atoms with E-state index < -0.39 is 0 Å².